The number of rotatable bonds is 15. The molecule has 4 aromatic rings. The standard InChI is InChI=1S/2C13H18N2O2.C13H20N2.C9H9NO2.2C8H18N2Si.C5H15NSi.C2H3N.C2H4O.Ag.FH.H2O.Zn/c2*1-9-6-4-5-7-11(9)12-8-14(3)10(2)13(12)15(16)17;1-9-6-4-5-7-11(9)12-8-15(3)10(2)13(12)14;1-8-4-2-3-5-9(8)6-7-10(11)12;2*1-8(6-9)10(2)7-11(3,4)5;1-6-5-7(2,3)4;2*1-2-3;;;;/h2*4-7,10,12-13H,8H2,1-3H3;4-7,10,12-13H,8,14H2,1-3H3;2-7H,1H3;2*8H,7H2,1-5H3;6H,5H2,1-4H3;1H3;2H,1H3;;1H;1H2;/q;;;;;;;;;+1;;;/p-1/b;;;7-6+;;;;;;;;;/t3*10-,12?,13+;;;;;;;;;;/m111........../s1. The molecular weight excluding hydrogens is 1460 g/mol. The predicted octanol–water partition coefficient (Wildman–Crippen LogP) is 12.9. The monoisotopic (exact) mass is 1590 g/mol. The summed E-state index contributed by atoms with van der Waals surface area (Å²) in [5.74, 6) is 0.503. The predicted molar refractivity (Wildman–Crippen MR) is 412 cm³/mol. The summed E-state index contributed by atoms with van der Waals surface area (Å²) < 4.78 is 9.31. The zero-order chi connectivity index (χ0) is 76.6. The Morgan fingerprint density at radius 1 is 0.610 bits per heavy atom. The average molecular weight is 1590 g/mol. The van der Waals surface area contributed by atoms with E-state index in [0.29, 0.717) is 12.0 Å². The maximum Gasteiger partial charge on any atom is 0 e. The van der Waals surface area contributed by atoms with Crippen molar-refractivity contribution in [3.8, 4) is 18.2 Å². The first-order valence-corrected chi connectivity index (χ1v) is 45.0. The molecule has 0 saturated carbocycles. The number of carbonyl (C=O) groups is 1. The number of nitrogens with two attached hydrogens (primary N) is 1. The molecule has 3 saturated heterocycles. The van der Waals surface area contributed by atoms with Gasteiger partial charge in [0.2, 0.25) is 18.3 Å². The zero-order valence-electron chi connectivity index (χ0n) is 65.3. The molecule has 0 aliphatic carbocycles. The van der Waals surface area contributed by atoms with E-state index >= 15 is 0 Å². The number of benzene rings is 4. The van der Waals surface area contributed by atoms with Gasteiger partial charge in [-0.15, -0.1) is 0 Å². The minimum absolute atomic E-state index is 0. The van der Waals surface area contributed by atoms with Gasteiger partial charge < -0.3 is 26.2 Å². The van der Waals surface area contributed by atoms with Crippen LogP contribution in [0.2, 0.25) is 58.9 Å². The Labute approximate surface area is 630 Å². The number of nitro groups is 3. The van der Waals surface area contributed by atoms with Crippen molar-refractivity contribution in [1.29, 1.82) is 15.8 Å². The van der Waals surface area contributed by atoms with Crippen LogP contribution in [0.5, 0.6) is 0 Å². The Balaban J connectivity index is -0.000000348. The van der Waals surface area contributed by atoms with E-state index in [1.54, 1.807) is 6.07 Å². The average Bonchev–Trinajstić information content (AvgIpc) is 1.66. The Kier molecular flexibility index (Phi) is 55.1. The molecule has 7 rings (SSSR count). The van der Waals surface area contributed by atoms with Gasteiger partial charge in [0.25, 0.3) is 0 Å². The van der Waals surface area contributed by atoms with Crippen LogP contribution in [0.25, 0.3) is 6.08 Å². The number of hydrogen-bond acceptors (Lipinski definition) is 17. The molecule has 4 aromatic carbocycles. The molecule has 0 amide bonds. The molecule has 0 spiro atoms. The van der Waals surface area contributed by atoms with E-state index in [2.05, 4.69) is 146 Å². The van der Waals surface area contributed by atoms with Crippen LogP contribution in [0.3, 0.4) is 0 Å². The number of halogens is 1. The first kappa shape index (κ1) is 103. The summed E-state index contributed by atoms with van der Waals surface area (Å²) >= 11 is 1.45. The number of nitriles is 3. The second-order valence-corrected chi connectivity index (χ2v) is 45.5. The number of carbonyl (C=O) groups excluding carboxylic acids is 1. The molecule has 3 heterocycles. The number of likely N-dealkylation sites (tertiary alicyclic amines) is 3. The molecule has 0 bridgehead atoms. The van der Waals surface area contributed by atoms with E-state index in [1.165, 1.54) is 58.8 Å². The van der Waals surface area contributed by atoms with Gasteiger partial charge in [-0.1, -0.05) is 156 Å². The van der Waals surface area contributed by atoms with Gasteiger partial charge in [-0.2, -0.15) is 15.8 Å². The van der Waals surface area contributed by atoms with Crippen LogP contribution in [0.1, 0.15) is 111 Å². The first-order valence-electron chi connectivity index (χ1n) is 33.3. The Morgan fingerprint density at radius 3 is 1.12 bits per heavy atom. The summed E-state index contributed by atoms with van der Waals surface area (Å²) in [6.07, 6.45) is 6.62. The normalized spacial score (nSPS) is 20.4. The maximum absolute atomic E-state index is 11.2. The topological polar surface area (TPSA) is 304 Å². The maximum atomic E-state index is 11.2. The molecule has 11 atom stereocenters. The van der Waals surface area contributed by atoms with Gasteiger partial charge in [0.1, 0.15) is 6.29 Å². The van der Waals surface area contributed by atoms with Crippen molar-refractivity contribution in [1.82, 2.24) is 29.8 Å². The Hall–Kier alpha value is -5.42. The molecule has 562 valence electrons. The third-order valence-corrected chi connectivity index (χ3v) is 21.3. The number of aldehydes is 1. The third-order valence-electron chi connectivity index (χ3n) is 17.0. The van der Waals surface area contributed by atoms with Crippen molar-refractivity contribution in [2.24, 2.45) is 5.73 Å². The SMILES string of the molecule is CC#N.CC(C#N)N(C)C[Si](C)(C)C.CC(C#N)N(C)C[Si](C)(C)C.CC=O.CNC[Si](C)(C)C.Cc1ccccc1/C=C/[N+](=O)[O-].Cc1ccccc1C1CN(C)[C@H](C)[C@@H]1N.Cc1ccccc1C1CN(C)[C@H](C)[C@@H]1[N+](=O)[O-].Cc1ccccc1C1CN(C)[C@H](C)[C@@H]1[N+](=O)[O-].O.[F][Ag].[Zn]. The molecule has 5 unspecified atom stereocenters. The molecule has 5 N–H and O–H groups in total. The molecule has 21 nitrogen and oxygen atoms in total. The fourth-order valence-electron chi connectivity index (χ4n) is 11.5. The van der Waals surface area contributed by atoms with Gasteiger partial charge in [0, 0.05) is 80.0 Å². The summed E-state index contributed by atoms with van der Waals surface area (Å²) in [5.41, 5.74) is 15.5. The van der Waals surface area contributed by atoms with Crippen molar-refractivity contribution < 1.29 is 69.2 Å². The minimum atomic E-state index is -1.02. The Morgan fingerprint density at radius 2 is 0.890 bits per heavy atom. The van der Waals surface area contributed by atoms with E-state index in [9.17, 15) is 33.4 Å². The molecule has 0 radical (unpaired) electrons. The van der Waals surface area contributed by atoms with E-state index in [1.807, 2.05) is 157 Å². The van der Waals surface area contributed by atoms with Crippen LogP contribution in [0, 0.1) is 92.0 Å². The van der Waals surface area contributed by atoms with Crippen molar-refractivity contribution in [3.63, 3.8) is 0 Å². The van der Waals surface area contributed by atoms with Crippen molar-refractivity contribution in [2.75, 3.05) is 80.4 Å². The fraction of sp³-hybridized carbons (Fsp3) is 0.589. The van der Waals surface area contributed by atoms with E-state index in [-0.39, 0.29) is 76.8 Å². The van der Waals surface area contributed by atoms with Gasteiger partial charge in [0.15, 0.2) is 0 Å². The summed E-state index contributed by atoms with van der Waals surface area (Å²) in [4.78, 5) is 51.3. The van der Waals surface area contributed by atoms with E-state index in [4.69, 9.17) is 26.3 Å². The zero-order valence-corrected chi connectivity index (χ0v) is 72.8. The second kappa shape index (κ2) is 53.4. The molecule has 0 aromatic heterocycles. The summed E-state index contributed by atoms with van der Waals surface area (Å²) in [7, 11) is 9.31. The van der Waals surface area contributed by atoms with Crippen molar-refractivity contribution >= 4 is 36.6 Å². The van der Waals surface area contributed by atoms with Crippen LogP contribution < -0.4 is 11.1 Å². The Bertz CT molecular complexity index is 3010. The van der Waals surface area contributed by atoms with Gasteiger partial charge in [-0.3, -0.25) is 49.9 Å². The summed E-state index contributed by atoms with van der Waals surface area (Å²) in [5, 5.41) is 60.2. The molecule has 27 heteroatoms. The van der Waals surface area contributed by atoms with E-state index < -0.39 is 41.2 Å². The summed E-state index contributed by atoms with van der Waals surface area (Å²) in [6.45, 7) is 44.5. The number of likely N-dealkylation sites (N-methyl/N-ethyl adjacent to an activating group) is 3. The number of nitrogens with one attached hydrogen (secondary N) is 1. The largest absolute Gasteiger partial charge is 0 e. The molecule has 100 heavy (non-hydrogen) atoms. The minimum Gasteiger partial charge on any atom is 0 e. The quantitative estimate of drug-likeness (QED) is 0.0483. The van der Waals surface area contributed by atoms with Gasteiger partial charge in [-0.25, -0.2) is 0 Å². The molecule has 3 fully saturated rings. The molecule has 3 aliphatic heterocycles. The number of aryl methyl sites for hydroxylation is 4. The van der Waals surface area contributed by atoms with Crippen LogP contribution in [0.15, 0.2) is 103 Å². The van der Waals surface area contributed by atoms with Crippen LogP contribution in [0.4, 0.5) is 3.02 Å². The van der Waals surface area contributed by atoms with Crippen LogP contribution in [-0.4, -0.2) is 204 Å². The van der Waals surface area contributed by atoms with Crippen molar-refractivity contribution in [2.45, 2.75) is 201 Å². The van der Waals surface area contributed by atoms with E-state index in [0.717, 1.165) is 77.8 Å². The van der Waals surface area contributed by atoms with Gasteiger partial charge in [-0.05, 0) is 175 Å². The van der Waals surface area contributed by atoms with Gasteiger partial charge >= 0.3 is 24.6 Å². The van der Waals surface area contributed by atoms with Crippen molar-refractivity contribution in [3.05, 3.63) is 178 Å². The van der Waals surface area contributed by atoms with Gasteiger partial charge in [0.05, 0.1) is 83.4 Å². The molecular formula is C73H125AgFN13O8Si3Zn. The summed E-state index contributed by atoms with van der Waals surface area (Å²) in [6, 6.07) is 38.1. The second-order valence-electron chi connectivity index (χ2n) is 29.1. The first-order chi connectivity index (χ1) is 45.5. The smallest absolute Gasteiger partial charge is 0 e. The number of nitrogens with zero attached hydrogens (tertiary/aromatic N) is 11. The number of hydrogen-bond donors (Lipinski definition) is 2. The van der Waals surface area contributed by atoms with Crippen LogP contribution >= 0.6 is 0 Å². The third kappa shape index (κ3) is 41.0. The molecule has 3 aliphatic rings. The van der Waals surface area contributed by atoms with Crippen LogP contribution in [-0.2, 0) is 45.9 Å². The fourth-order valence-corrected chi connectivity index (χ4v) is 16.1.